The lowest BCUT2D eigenvalue weighted by Gasteiger charge is -2.26. The third-order valence-corrected chi connectivity index (χ3v) is 5.75. The van der Waals surface area contributed by atoms with E-state index in [1.165, 1.54) is 37.7 Å². The average molecular weight is 510 g/mol. The van der Waals surface area contributed by atoms with E-state index >= 15 is 0 Å². The number of benzene rings is 2. The van der Waals surface area contributed by atoms with E-state index in [1.54, 1.807) is 30.3 Å². The molecule has 5 rings (SSSR count). The molecule has 1 N–H and O–H groups in total. The number of hydrogen-bond acceptors (Lipinski definition) is 7. The number of Topliss-reactive ketones (excluding diaryl/α,β-unsaturated/α-hetero) is 1. The van der Waals surface area contributed by atoms with Crippen LogP contribution in [-0.4, -0.2) is 35.3 Å². The molecular weight excluding hydrogens is 493 g/mol. The van der Waals surface area contributed by atoms with Crippen molar-refractivity contribution in [3.05, 3.63) is 95.7 Å². The van der Waals surface area contributed by atoms with E-state index in [4.69, 9.17) is 9.15 Å². The molecular formula is C26H17F3N2O6. The van der Waals surface area contributed by atoms with Crippen LogP contribution in [0.2, 0.25) is 0 Å². The second-order valence-electron chi connectivity index (χ2n) is 7.99. The van der Waals surface area contributed by atoms with E-state index in [1.807, 2.05) is 0 Å². The van der Waals surface area contributed by atoms with Crippen molar-refractivity contribution in [3.63, 3.8) is 0 Å². The van der Waals surface area contributed by atoms with E-state index in [0.717, 1.165) is 17.0 Å². The van der Waals surface area contributed by atoms with Gasteiger partial charge in [-0.25, -0.2) is 0 Å². The number of ketones is 1. The van der Waals surface area contributed by atoms with Crippen LogP contribution >= 0.6 is 0 Å². The molecule has 0 aliphatic carbocycles. The molecule has 4 aromatic rings. The molecule has 2 aromatic heterocycles. The van der Waals surface area contributed by atoms with Gasteiger partial charge in [0.15, 0.2) is 22.9 Å². The van der Waals surface area contributed by atoms with Crippen LogP contribution in [0.25, 0.3) is 11.0 Å². The first-order chi connectivity index (χ1) is 17.7. The van der Waals surface area contributed by atoms with E-state index in [0.29, 0.717) is 22.3 Å². The Bertz CT molecular complexity index is 1530. The molecule has 1 aliphatic heterocycles. The van der Waals surface area contributed by atoms with Crippen molar-refractivity contribution in [2.24, 2.45) is 0 Å². The molecule has 0 saturated carbocycles. The van der Waals surface area contributed by atoms with Gasteiger partial charge in [0.25, 0.3) is 5.91 Å². The summed E-state index contributed by atoms with van der Waals surface area (Å²) in [5.41, 5.74) is 0.543. The Hall–Kier alpha value is -4.80. The summed E-state index contributed by atoms with van der Waals surface area (Å²) >= 11 is 0. The maximum absolute atomic E-state index is 13.6. The van der Waals surface area contributed by atoms with Gasteiger partial charge in [0.2, 0.25) is 5.78 Å². The maximum atomic E-state index is 13.6. The van der Waals surface area contributed by atoms with E-state index < -0.39 is 35.6 Å². The van der Waals surface area contributed by atoms with Crippen molar-refractivity contribution in [1.29, 1.82) is 0 Å². The van der Waals surface area contributed by atoms with E-state index in [9.17, 15) is 27.9 Å². The standard InChI is InChI=1S/C26H17F3N2O6/c1-35-18-6-2-4-14-12-19(36-24(14)18)22(32)20-21(15-5-3-11-30-13-15)31(25(34)23(20)33)16-7-9-17(10-8-16)37-26(27,28)29/h2-13,21,33H,1H3. The third-order valence-electron chi connectivity index (χ3n) is 5.75. The fraction of sp³-hybridized carbons (Fsp3) is 0.115. The number of ether oxygens (including phenoxy) is 2. The van der Waals surface area contributed by atoms with Crippen LogP contribution in [0, 0.1) is 0 Å². The fourth-order valence-corrected chi connectivity index (χ4v) is 4.21. The van der Waals surface area contributed by atoms with Gasteiger partial charge in [-0.1, -0.05) is 18.2 Å². The summed E-state index contributed by atoms with van der Waals surface area (Å²) in [5, 5.41) is 11.4. The topological polar surface area (TPSA) is 102 Å². The summed E-state index contributed by atoms with van der Waals surface area (Å²) in [4.78, 5) is 32.0. The summed E-state index contributed by atoms with van der Waals surface area (Å²) in [6.07, 6.45) is -1.98. The first kappa shape index (κ1) is 23.9. The molecule has 0 saturated heterocycles. The Labute approximate surface area is 207 Å². The number of fused-ring (bicyclic) bond motifs is 1. The number of halogens is 3. The van der Waals surface area contributed by atoms with Crippen LogP contribution in [-0.2, 0) is 4.79 Å². The number of carbonyl (C=O) groups is 2. The van der Waals surface area contributed by atoms with E-state index in [2.05, 4.69) is 9.72 Å². The van der Waals surface area contributed by atoms with Gasteiger partial charge in [-0.15, -0.1) is 13.2 Å². The minimum atomic E-state index is -4.89. The highest BCUT2D eigenvalue weighted by molar-refractivity contribution is 6.20. The molecule has 0 radical (unpaired) electrons. The Morgan fingerprint density at radius 1 is 1.11 bits per heavy atom. The number of methoxy groups -OCH3 is 1. The third kappa shape index (κ3) is 4.35. The molecule has 0 spiro atoms. The summed E-state index contributed by atoms with van der Waals surface area (Å²) in [5.74, 6) is -2.73. The summed E-state index contributed by atoms with van der Waals surface area (Å²) in [7, 11) is 1.45. The van der Waals surface area contributed by atoms with Gasteiger partial charge in [-0.2, -0.15) is 0 Å². The smallest absolute Gasteiger partial charge is 0.503 e. The Kier molecular flexibility index (Phi) is 5.82. The zero-order chi connectivity index (χ0) is 26.3. The number of anilines is 1. The molecule has 1 atom stereocenters. The van der Waals surface area contributed by atoms with Gasteiger partial charge < -0.3 is 19.0 Å². The first-order valence-electron chi connectivity index (χ1n) is 10.8. The number of rotatable bonds is 6. The normalized spacial score (nSPS) is 15.9. The van der Waals surface area contributed by atoms with Crippen molar-refractivity contribution < 1.29 is 41.8 Å². The predicted octanol–water partition coefficient (Wildman–Crippen LogP) is 5.52. The van der Waals surface area contributed by atoms with Crippen LogP contribution in [0.1, 0.15) is 22.2 Å². The first-order valence-corrected chi connectivity index (χ1v) is 10.8. The maximum Gasteiger partial charge on any atom is 0.573 e. The number of aliphatic hydroxyl groups is 1. The minimum Gasteiger partial charge on any atom is -0.503 e. The monoisotopic (exact) mass is 510 g/mol. The van der Waals surface area contributed by atoms with Crippen LogP contribution in [0.15, 0.2) is 88.8 Å². The van der Waals surface area contributed by atoms with Crippen molar-refractivity contribution in [1.82, 2.24) is 4.98 Å². The lowest BCUT2D eigenvalue weighted by Crippen LogP contribution is -2.31. The largest absolute Gasteiger partial charge is 0.573 e. The number of nitrogens with zero attached hydrogens (tertiary/aromatic N) is 2. The zero-order valence-corrected chi connectivity index (χ0v) is 19.0. The lowest BCUT2D eigenvalue weighted by molar-refractivity contribution is -0.274. The lowest BCUT2D eigenvalue weighted by atomic mass is 9.96. The number of amides is 1. The zero-order valence-electron chi connectivity index (χ0n) is 19.0. The molecule has 2 aromatic carbocycles. The molecule has 1 aliphatic rings. The number of furan rings is 1. The number of alkyl halides is 3. The highest BCUT2D eigenvalue weighted by atomic mass is 19.4. The number of carbonyl (C=O) groups excluding carboxylic acids is 2. The Balaban J connectivity index is 1.58. The van der Waals surface area contributed by atoms with Crippen molar-refractivity contribution >= 4 is 28.3 Å². The summed E-state index contributed by atoms with van der Waals surface area (Å²) in [6, 6.07) is 13.1. The van der Waals surface area contributed by atoms with Crippen molar-refractivity contribution in [2.45, 2.75) is 12.4 Å². The Morgan fingerprint density at radius 2 is 1.86 bits per heavy atom. The molecule has 0 bridgehead atoms. The number of aromatic nitrogens is 1. The molecule has 1 unspecified atom stereocenters. The quantitative estimate of drug-likeness (QED) is 0.341. The second kappa shape index (κ2) is 9.01. The molecule has 1 amide bonds. The van der Waals surface area contributed by atoms with Gasteiger partial charge in [-0.3, -0.25) is 19.5 Å². The van der Waals surface area contributed by atoms with Crippen molar-refractivity contribution in [3.8, 4) is 11.5 Å². The second-order valence-corrected chi connectivity index (χ2v) is 7.99. The Morgan fingerprint density at radius 3 is 2.51 bits per heavy atom. The molecule has 11 heteroatoms. The predicted molar refractivity (Wildman–Crippen MR) is 124 cm³/mol. The molecule has 0 fully saturated rings. The van der Waals surface area contributed by atoms with Gasteiger partial charge in [0.1, 0.15) is 5.75 Å². The number of para-hydroxylation sites is 1. The fourth-order valence-electron chi connectivity index (χ4n) is 4.21. The summed E-state index contributed by atoms with van der Waals surface area (Å²) in [6.45, 7) is 0. The highest BCUT2D eigenvalue weighted by Crippen LogP contribution is 2.43. The van der Waals surface area contributed by atoms with Gasteiger partial charge in [0, 0.05) is 23.5 Å². The number of pyridine rings is 1. The van der Waals surface area contributed by atoms with Crippen LogP contribution in [0.3, 0.4) is 0 Å². The molecule has 37 heavy (non-hydrogen) atoms. The van der Waals surface area contributed by atoms with Gasteiger partial charge in [0.05, 0.1) is 18.7 Å². The van der Waals surface area contributed by atoms with Crippen LogP contribution in [0.5, 0.6) is 11.5 Å². The van der Waals surface area contributed by atoms with Gasteiger partial charge >= 0.3 is 6.36 Å². The van der Waals surface area contributed by atoms with Gasteiger partial charge in [-0.05, 0) is 48.0 Å². The molecule has 3 heterocycles. The van der Waals surface area contributed by atoms with Crippen molar-refractivity contribution in [2.75, 3.05) is 12.0 Å². The molecule has 188 valence electrons. The SMILES string of the molecule is COc1cccc2cc(C(=O)C3=C(O)C(=O)N(c4ccc(OC(F)(F)F)cc4)C3c3cccnc3)oc12. The summed E-state index contributed by atoms with van der Waals surface area (Å²) < 4.78 is 52.6. The minimum absolute atomic E-state index is 0.119. The van der Waals surface area contributed by atoms with Crippen LogP contribution < -0.4 is 14.4 Å². The highest BCUT2D eigenvalue weighted by Gasteiger charge is 2.45. The number of hydrogen-bond donors (Lipinski definition) is 1. The number of aliphatic hydroxyl groups excluding tert-OH is 1. The molecule has 8 nitrogen and oxygen atoms in total. The van der Waals surface area contributed by atoms with E-state index in [-0.39, 0.29) is 17.0 Å². The van der Waals surface area contributed by atoms with Crippen LogP contribution in [0.4, 0.5) is 18.9 Å². The average Bonchev–Trinajstić information content (AvgIpc) is 3.43.